The highest BCUT2D eigenvalue weighted by atomic mass is 35.5. The van der Waals surface area contributed by atoms with Crippen LogP contribution in [-0.4, -0.2) is 59.3 Å². The second kappa shape index (κ2) is 8.65. The fraction of sp³-hybridized carbons (Fsp3) is 0.304. The highest BCUT2D eigenvalue weighted by molar-refractivity contribution is 6.35. The summed E-state index contributed by atoms with van der Waals surface area (Å²) in [4.78, 5) is 0. The predicted molar refractivity (Wildman–Crippen MR) is 118 cm³/mol. The van der Waals surface area contributed by atoms with E-state index >= 15 is 0 Å². The van der Waals surface area contributed by atoms with Gasteiger partial charge in [-0.15, -0.1) is 5.10 Å². The summed E-state index contributed by atoms with van der Waals surface area (Å²) in [6.45, 7) is 0.179. The van der Waals surface area contributed by atoms with Gasteiger partial charge in [0.2, 0.25) is 0 Å². The molecule has 3 heterocycles. The molecule has 0 radical (unpaired) electrons. The van der Waals surface area contributed by atoms with E-state index in [0.717, 1.165) is 22.0 Å². The molecule has 2 aromatic carbocycles. The number of rotatable bonds is 5. The van der Waals surface area contributed by atoms with Crippen LogP contribution in [0.15, 0.2) is 67.1 Å². The summed E-state index contributed by atoms with van der Waals surface area (Å²) in [6.07, 6.45) is -0.0200. The zero-order chi connectivity index (χ0) is 22.2. The molecule has 2 aromatic heterocycles. The van der Waals surface area contributed by atoms with Gasteiger partial charge in [-0.2, -0.15) is 0 Å². The van der Waals surface area contributed by atoms with Crippen LogP contribution in [0.3, 0.4) is 0 Å². The number of hydrogen-bond donors (Lipinski definition) is 3. The van der Waals surface area contributed by atoms with Crippen molar-refractivity contribution in [3.8, 4) is 0 Å². The maximum absolute atomic E-state index is 10.8. The van der Waals surface area contributed by atoms with Crippen LogP contribution >= 0.6 is 11.6 Å². The van der Waals surface area contributed by atoms with E-state index in [-0.39, 0.29) is 6.54 Å². The first-order valence-electron chi connectivity index (χ1n) is 10.4. The van der Waals surface area contributed by atoms with Crippen LogP contribution < -0.4 is 0 Å². The average molecular weight is 455 g/mol. The summed E-state index contributed by atoms with van der Waals surface area (Å²) in [5.74, 6) is 0. The minimum Gasteiger partial charge on any atom is -0.388 e. The number of nitrogens with zero attached hydrogens (tertiary/aromatic N) is 4. The molecule has 9 heteroatoms. The molecule has 5 rings (SSSR count). The maximum Gasteiger partial charge on any atom is 0.163 e. The molecule has 1 fully saturated rings. The molecular formula is C23H23ClN4O4. The van der Waals surface area contributed by atoms with Crippen molar-refractivity contribution in [3.63, 3.8) is 0 Å². The van der Waals surface area contributed by atoms with Crippen molar-refractivity contribution in [3.05, 3.63) is 83.3 Å². The molecule has 3 N–H and O–H groups in total. The van der Waals surface area contributed by atoms with Crippen LogP contribution in [0.2, 0.25) is 5.02 Å². The van der Waals surface area contributed by atoms with Gasteiger partial charge in [-0.3, -0.25) is 0 Å². The smallest absolute Gasteiger partial charge is 0.163 e. The number of fused-ring (bicyclic) bond motifs is 1. The van der Waals surface area contributed by atoms with Gasteiger partial charge in [-0.25, -0.2) is 4.68 Å². The molecule has 0 bridgehead atoms. The van der Waals surface area contributed by atoms with Crippen LogP contribution in [-0.2, 0) is 17.7 Å². The van der Waals surface area contributed by atoms with Gasteiger partial charge in [0, 0.05) is 17.8 Å². The third-order valence-corrected chi connectivity index (χ3v) is 6.24. The number of aromatic nitrogens is 4. The zero-order valence-electron chi connectivity index (χ0n) is 17.1. The zero-order valence-corrected chi connectivity index (χ0v) is 17.8. The van der Waals surface area contributed by atoms with Crippen molar-refractivity contribution in [2.75, 3.05) is 0 Å². The number of aliphatic hydroxyl groups excluding tert-OH is 3. The summed E-state index contributed by atoms with van der Waals surface area (Å²) < 4.78 is 9.42. The summed E-state index contributed by atoms with van der Waals surface area (Å²) in [5.41, 5.74) is 2.87. The number of benzene rings is 2. The van der Waals surface area contributed by atoms with E-state index in [0.29, 0.717) is 11.4 Å². The number of halogens is 1. The fourth-order valence-corrected chi connectivity index (χ4v) is 4.63. The van der Waals surface area contributed by atoms with E-state index in [1.807, 2.05) is 54.7 Å². The van der Waals surface area contributed by atoms with Crippen molar-refractivity contribution in [2.45, 2.75) is 43.6 Å². The molecule has 1 saturated heterocycles. The first kappa shape index (κ1) is 21.1. The highest BCUT2D eigenvalue weighted by Gasteiger charge is 2.45. The van der Waals surface area contributed by atoms with Gasteiger partial charge in [0.15, 0.2) is 6.23 Å². The van der Waals surface area contributed by atoms with E-state index in [2.05, 4.69) is 10.3 Å². The minimum atomic E-state index is -1.39. The molecule has 32 heavy (non-hydrogen) atoms. The maximum atomic E-state index is 10.8. The second-order valence-corrected chi connectivity index (χ2v) is 8.43. The Labute approximate surface area is 189 Å². The lowest BCUT2D eigenvalue weighted by Crippen LogP contribution is -2.56. The molecule has 1 aliphatic rings. The first-order chi connectivity index (χ1) is 15.5. The predicted octanol–water partition coefficient (Wildman–Crippen LogP) is 2.16. The van der Waals surface area contributed by atoms with Crippen LogP contribution in [0.4, 0.5) is 0 Å². The van der Waals surface area contributed by atoms with Crippen LogP contribution in [0.25, 0.3) is 10.9 Å². The van der Waals surface area contributed by atoms with Gasteiger partial charge in [0.1, 0.15) is 24.4 Å². The lowest BCUT2D eigenvalue weighted by atomic mass is 9.97. The Kier molecular flexibility index (Phi) is 5.71. The molecule has 166 valence electrons. The van der Waals surface area contributed by atoms with Crippen molar-refractivity contribution in [1.82, 2.24) is 19.6 Å². The van der Waals surface area contributed by atoms with Crippen molar-refractivity contribution >= 4 is 22.5 Å². The summed E-state index contributed by atoms with van der Waals surface area (Å²) in [7, 11) is 0. The van der Waals surface area contributed by atoms with Crippen LogP contribution in [0.1, 0.15) is 17.4 Å². The molecule has 8 nitrogen and oxygen atoms in total. The Hall–Kier alpha value is -2.75. The lowest BCUT2D eigenvalue weighted by Gasteiger charge is -2.41. The molecule has 1 aliphatic heterocycles. The topological polar surface area (TPSA) is 106 Å². The Balaban J connectivity index is 1.54. The number of ether oxygens (including phenoxy) is 1. The van der Waals surface area contributed by atoms with Crippen molar-refractivity contribution < 1.29 is 20.1 Å². The van der Waals surface area contributed by atoms with E-state index in [1.165, 1.54) is 10.9 Å². The Morgan fingerprint density at radius 1 is 0.969 bits per heavy atom. The van der Waals surface area contributed by atoms with Crippen LogP contribution in [0, 0.1) is 0 Å². The third kappa shape index (κ3) is 3.80. The van der Waals surface area contributed by atoms with E-state index in [9.17, 15) is 15.3 Å². The Morgan fingerprint density at radius 2 is 1.78 bits per heavy atom. The fourth-order valence-electron chi connectivity index (χ4n) is 4.33. The molecule has 0 saturated carbocycles. The SMILES string of the molecule is O[C@@H]1[C@@H](O)[C@H](n2cc(Cc3ccccc3)c3c(Cl)cccc32)O[C@H](Cn2ccnn2)[C@H]1O. The van der Waals surface area contributed by atoms with Gasteiger partial charge in [0.05, 0.1) is 23.3 Å². The van der Waals surface area contributed by atoms with E-state index in [1.54, 1.807) is 10.8 Å². The molecular weight excluding hydrogens is 432 g/mol. The number of hydrogen-bond acceptors (Lipinski definition) is 6. The minimum absolute atomic E-state index is 0.179. The summed E-state index contributed by atoms with van der Waals surface area (Å²) in [5, 5.41) is 41.0. The summed E-state index contributed by atoms with van der Waals surface area (Å²) >= 11 is 6.57. The standard InChI is InChI=1S/C23H23ClN4O4/c24-16-7-4-8-17-19(16)15(11-14-5-2-1-3-6-14)12-28(17)23-22(31)21(30)20(29)18(32-23)13-27-10-9-25-26-27/h1-10,12,18,20-23,29-31H,11,13H2/t18-,20-,21+,22-,23-/m1/s1. The monoisotopic (exact) mass is 454 g/mol. The highest BCUT2D eigenvalue weighted by Crippen LogP contribution is 2.36. The Morgan fingerprint density at radius 3 is 2.53 bits per heavy atom. The lowest BCUT2D eigenvalue weighted by molar-refractivity contribution is -0.247. The molecule has 0 spiro atoms. The van der Waals surface area contributed by atoms with Crippen LogP contribution in [0.5, 0.6) is 0 Å². The quantitative estimate of drug-likeness (QED) is 0.427. The second-order valence-electron chi connectivity index (χ2n) is 8.02. The average Bonchev–Trinajstić information content (AvgIpc) is 3.44. The van der Waals surface area contributed by atoms with Crippen molar-refractivity contribution in [1.29, 1.82) is 0 Å². The van der Waals surface area contributed by atoms with Gasteiger partial charge in [0.25, 0.3) is 0 Å². The molecule has 0 unspecified atom stereocenters. The van der Waals surface area contributed by atoms with E-state index in [4.69, 9.17) is 16.3 Å². The largest absolute Gasteiger partial charge is 0.388 e. The van der Waals surface area contributed by atoms with Gasteiger partial charge >= 0.3 is 0 Å². The van der Waals surface area contributed by atoms with Gasteiger partial charge < -0.3 is 24.6 Å². The number of aliphatic hydroxyl groups is 3. The summed E-state index contributed by atoms with van der Waals surface area (Å²) in [6, 6.07) is 15.6. The van der Waals surface area contributed by atoms with Crippen molar-refractivity contribution in [2.24, 2.45) is 0 Å². The normalized spacial score (nSPS) is 25.9. The molecule has 5 atom stereocenters. The molecule has 4 aromatic rings. The molecule has 0 amide bonds. The van der Waals surface area contributed by atoms with E-state index < -0.39 is 30.6 Å². The third-order valence-electron chi connectivity index (χ3n) is 5.92. The van der Waals surface area contributed by atoms with Gasteiger partial charge in [-0.05, 0) is 29.7 Å². The van der Waals surface area contributed by atoms with Gasteiger partial charge in [-0.1, -0.05) is 53.2 Å². The Bertz CT molecular complexity index is 1200. The molecule has 0 aliphatic carbocycles. The first-order valence-corrected chi connectivity index (χ1v) is 10.8.